The minimum absolute atomic E-state index is 0.715. The number of hydrogen-bond acceptors (Lipinski definition) is 0. The maximum atomic E-state index is 2.41. The number of allylic oxidation sites excluding steroid dienone is 2. The second kappa shape index (κ2) is 2.36. The number of rotatable bonds is 0. The van der Waals surface area contributed by atoms with Gasteiger partial charge in [-0.2, -0.15) is 0 Å². The van der Waals surface area contributed by atoms with Crippen LogP contribution in [0.25, 0.3) is 0 Å². The molecule has 0 radical (unpaired) electrons. The van der Waals surface area contributed by atoms with Gasteiger partial charge in [-0.15, -0.1) is 0 Å². The second-order valence-electron chi connectivity index (χ2n) is 4.28. The van der Waals surface area contributed by atoms with Crippen molar-refractivity contribution >= 4 is 0 Å². The standard InChI is InChI=1S/C11H18/c1-3-10-6-4-5-7-11(10)8-9(11)2/h3,9H,4-8H2,1-2H3/b10-3-. The molecule has 0 heteroatoms. The third-order valence-electron chi connectivity index (χ3n) is 3.76. The molecule has 1 spiro atoms. The molecule has 0 nitrogen and oxygen atoms in total. The van der Waals surface area contributed by atoms with Crippen LogP contribution in [-0.2, 0) is 0 Å². The van der Waals surface area contributed by atoms with E-state index in [4.69, 9.17) is 0 Å². The van der Waals surface area contributed by atoms with Crippen LogP contribution in [0.1, 0.15) is 46.0 Å². The molecule has 2 aliphatic carbocycles. The van der Waals surface area contributed by atoms with Gasteiger partial charge in [0, 0.05) is 0 Å². The molecular weight excluding hydrogens is 132 g/mol. The second-order valence-corrected chi connectivity index (χ2v) is 4.28. The molecule has 2 aliphatic rings. The molecule has 2 saturated carbocycles. The van der Waals surface area contributed by atoms with Crippen LogP contribution in [0, 0.1) is 11.3 Å². The SMILES string of the molecule is C/C=C1/CCCCC12CC2C. The highest BCUT2D eigenvalue weighted by Gasteiger charge is 2.53. The smallest absolute Gasteiger partial charge is 0.00594 e. The Morgan fingerprint density at radius 1 is 1.45 bits per heavy atom. The van der Waals surface area contributed by atoms with Crippen LogP contribution in [-0.4, -0.2) is 0 Å². The summed E-state index contributed by atoms with van der Waals surface area (Å²) < 4.78 is 0. The maximum absolute atomic E-state index is 2.41. The Morgan fingerprint density at radius 2 is 2.18 bits per heavy atom. The predicted octanol–water partition coefficient (Wildman–Crippen LogP) is 3.53. The largest absolute Gasteiger partial charge is 0.0879 e. The van der Waals surface area contributed by atoms with E-state index in [0.29, 0.717) is 5.41 Å². The van der Waals surface area contributed by atoms with E-state index in [9.17, 15) is 0 Å². The fourth-order valence-corrected chi connectivity index (χ4v) is 2.88. The molecular formula is C11H18. The first-order valence-corrected chi connectivity index (χ1v) is 4.95. The molecule has 0 bridgehead atoms. The minimum Gasteiger partial charge on any atom is -0.0879 e. The van der Waals surface area contributed by atoms with Crippen LogP contribution in [0.3, 0.4) is 0 Å². The third-order valence-corrected chi connectivity index (χ3v) is 3.76. The average Bonchev–Trinajstić information content (AvgIpc) is 2.63. The lowest BCUT2D eigenvalue weighted by Crippen LogP contribution is -2.12. The summed E-state index contributed by atoms with van der Waals surface area (Å²) in [7, 11) is 0. The van der Waals surface area contributed by atoms with E-state index in [2.05, 4.69) is 19.9 Å². The van der Waals surface area contributed by atoms with E-state index in [0.717, 1.165) is 5.92 Å². The molecule has 0 amide bonds. The van der Waals surface area contributed by atoms with Crippen molar-refractivity contribution in [2.75, 3.05) is 0 Å². The molecule has 2 fully saturated rings. The van der Waals surface area contributed by atoms with Crippen molar-refractivity contribution in [2.24, 2.45) is 11.3 Å². The molecule has 0 N–H and O–H groups in total. The van der Waals surface area contributed by atoms with Crippen molar-refractivity contribution in [2.45, 2.75) is 46.0 Å². The van der Waals surface area contributed by atoms with Crippen LogP contribution in [0.4, 0.5) is 0 Å². The normalized spacial score (nSPS) is 46.7. The molecule has 0 aromatic carbocycles. The van der Waals surface area contributed by atoms with Gasteiger partial charge >= 0.3 is 0 Å². The lowest BCUT2D eigenvalue weighted by Gasteiger charge is -2.25. The van der Waals surface area contributed by atoms with Crippen LogP contribution >= 0.6 is 0 Å². The zero-order valence-corrected chi connectivity index (χ0v) is 7.69. The maximum Gasteiger partial charge on any atom is -0.00594 e. The summed E-state index contributed by atoms with van der Waals surface area (Å²) >= 11 is 0. The first kappa shape index (κ1) is 7.39. The molecule has 62 valence electrons. The Kier molecular flexibility index (Phi) is 1.59. The van der Waals surface area contributed by atoms with E-state index >= 15 is 0 Å². The van der Waals surface area contributed by atoms with E-state index in [1.165, 1.54) is 32.1 Å². The predicted molar refractivity (Wildman–Crippen MR) is 48.4 cm³/mol. The number of hydrogen-bond donors (Lipinski definition) is 0. The first-order valence-electron chi connectivity index (χ1n) is 4.95. The van der Waals surface area contributed by atoms with Gasteiger partial charge in [0.25, 0.3) is 0 Å². The monoisotopic (exact) mass is 150 g/mol. The van der Waals surface area contributed by atoms with Gasteiger partial charge in [0.05, 0.1) is 0 Å². The summed E-state index contributed by atoms with van der Waals surface area (Å²) in [5, 5.41) is 0. The molecule has 2 rings (SSSR count). The van der Waals surface area contributed by atoms with Gasteiger partial charge in [0.15, 0.2) is 0 Å². The quantitative estimate of drug-likeness (QED) is 0.463. The molecule has 0 aliphatic heterocycles. The third kappa shape index (κ3) is 0.953. The van der Waals surface area contributed by atoms with E-state index in [1.54, 1.807) is 5.57 Å². The van der Waals surface area contributed by atoms with Crippen LogP contribution < -0.4 is 0 Å². The van der Waals surface area contributed by atoms with Crippen molar-refractivity contribution in [3.63, 3.8) is 0 Å². The van der Waals surface area contributed by atoms with Gasteiger partial charge < -0.3 is 0 Å². The average molecular weight is 150 g/mol. The lowest BCUT2D eigenvalue weighted by molar-refractivity contribution is 0.409. The molecule has 0 aromatic rings. The molecule has 2 atom stereocenters. The van der Waals surface area contributed by atoms with Crippen molar-refractivity contribution in [1.82, 2.24) is 0 Å². The van der Waals surface area contributed by atoms with Crippen LogP contribution in [0.2, 0.25) is 0 Å². The highest BCUT2D eigenvalue weighted by atomic mass is 14.6. The van der Waals surface area contributed by atoms with Crippen LogP contribution in [0.5, 0.6) is 0 Å². The fourth-order valence-electron chi connectivity index (χ4n) is 2.88. The lowest BCUT2D eigenvalue weighted by atomic mass is 9.80. The van der Waals surface area contributed by atoms with Gasteiger partial charge in [-0.25, -0.2) is 0 Å². The van der Waals surface area contributed by atoms with E-state index < -0.39 is 0 Å². The van der Waals surface area contributed by atoms with E-state index in [1.807, 2.05) is 0 Å². The van der Waals surface area contributed by atoms with Crippen molar-refractivity contribution in [1.29, 1.82) is 0 Å². The summed E-state index contributed by atoms with van der Waals surface area (Å²) in [5.74, 6) is 0.994. The molecule has 11 heavy (non-hydrogen) atoms. The van der Waals surface area contributed by atoms with Crippen molar-refractivity contribution < 1.29 is 0 Å². The summed E-state index contributed by atoms with van der Waals surface area (Å²) in [4.78, 5) is 0. The van der Waals surface area contributed by atoms with Gasteiger partial charge in [0.2, 0.25) is 0 Å². The topological polar surface area (TPSA) is 0 Å². The summed E-state index contributed by atoms with van der Waals surface area (Å²) in [6, 6.07) is 0. The molecule has 0 heterocycles. The van der Waals surface area contributed by atoms with Crippen molar-refractivity contribution in [3.8, 4) is 0 Å². The summed E-state index contributed by atoms with van der Waals surface area (Å²) in [6.45, 7) is 4.63. The Bertz CT molecular complexity index is 190. The first-order chi connectivity index (χ1) is 5.29. The Hall–Kier alpha value is -0.260. The van der Waals surface area contributed by atoms with E-state index in [-0.39, 0.29) is 0 Å². The van der Waals surface area contributed by atoms with Gasteiger partial charge in [-0.3, -0.25) is 0 Å². The van der Waals surface area contributed by atoms with Gasteiger partial charge in [0.1, 0.15) is 0 Å². The molecule has 0 aromatic heterocycles. The van der Waals surface area contributed by atoms with Crippen molar-refractivity contribution in [3.05, 3.63) is 11.6 Å². The zero-order valence-electron chi connectivity index (χ0n) is 7.69. The minimum atomic E-state index is 0.715. The highest BCUT2D eigenvalue weighted by Crippen LogP contribution is 2.63. The Balaban J connectivity index is 2.18. The summed E-state index contributed by atoms with van der Waals surface area (Å²) in [5.41, 5.74) is 2.49. The Morgan fingerprint density at radius 3 is 2.64 bits per heavy atom. The van der Waals surface area contributed by atoms with Crippen LogP contribution in [0.15, 0.2) is 11.6 Å². The summed E-state index contributed by atoms with van der Waals surface area (Å²) in [6.07, 6.45) is 9.64. The highest BCUT2D eigenvalue weighted by molar-refractivity contribution is 5.25. The Labute approximate surface area is 69.7 Å². The zero-order chi connectivity index (χ0) is 7.90. The molecule has 2 unspecified atom stereocenters. The molecule has 0 saturated heterocycles. The van der Waals surface area contributed by atoms with Gasteiger partial charge in [-0.05, 0) is 43.9 Å². The fraction of sp³-hybridized carbons (Fsp3) is 0.818. The van der Waals surface area contributed by atoms with Gasteiger partial charge in [-0.1, -0.05) is 25.0 Å².